The van der Waals surface area contributed by atoms with Gasteiger partial charge in [0.15, 0.2) is 0 Å². The lowest BCUT2D eigenvalue weighted by atomic mass is 9.96. The Labute approximate surface area is 97.1 Å². The van der Waals surface area contributed by atoms with Crippen molar-refractivity contribution >= 4 is 11.6 Å². The van der Waals surface area contributed by atoms with Gasteiger partial charge in [-0.1, -0.05) is 24.6 Å². The zero-order valence-electron chi connectivity index (χ0n) is 10.3. The van der Waals surface area contributed by atoms with Crippen LogP contribution in [0.4, 0.5) is 0 Å². The zero-order valence-corrected chi connectivity index (χ0v) is 10.3. The number of amidine groups is 1. The van der Waals surface area contributed by atoms with Crippen molar-refractivity contribution in [1.82, 2.24) is 0 Å². The van der Waals surface area contributed by atoms with E-state index in [1.165, 1.54) is 11.1 Å². The van der Waals surface area contributed by atoms with Crippen molar-refractivity contribution in [2.75, 3.05) is 6.54 Å². The van der Waals surface area contributed by atoms with Gasteiger partial charge in [-0.05, 0) is 32.3 Å². The first-order chi connectivity index (χ1) is 7.49. The number of Topliss-reactive ketones (excluding diaryl/α,β-unsaturated/α-hetero) is 1. The monoisotopic (exact) mass is 220 g/mol. The number of nitrogens with two attached hydrogens (primary N) is 1. The lowest BCUT2D eigenvalue weighted by Crippen LogP contribution is -2.08. The van der Waals surface area contributed by atoms with Crippen LogP contribution in [0.1, 0.15) is 33.6 Å². The van der Waals surface area contributed by atoms with E-state index in [1.807, 2.05) is 6.92 Å². The van der Waals surface area contributed by atoms with E-state index in [2.05, 4.69) is 17.1 Å². The Morgan fingerprint density at radius 3 is 2.62 bits per heavy atom. The fourth-order valence-corrected chi connectivity index (χ4v) is 1.66. The number of ketones is 1. The van der Waals surface area contributed by atoms with Crippen molar-refractivity contribution in [2.24, 2.45) is 16.6 Å². The number of carbonyl (C=O) groups is 1. The van der Waals surface area contributed by atoms with Crippen LogP contribution < -0.4 is 5.73 Å². The molecule has 1 aliphatic rings. The SMILES string of the molecule is CC(=O)[C@@H](C)CC1=CC=C(CN=C(C)N)C1. The molecule has 0 saturated carbocycles. The topological polar surface area (TPSA) is 55.5 Å². The minimum atomic E-state index is 0.124. The summed E-state index contributed by atoms with van der Waals surface area (Å²) in [5.74, 6) is 0.996. The first-order valence-electron chi connectivity index (χ1n) is 5.63. The van der Waals surface area contributed by atoms with E-state index in [9.17, 15) is 4.79 Å². The molecular formula is C13H20N2O. The fourth-order valence-electron chi connectivity index (χ4n) is 1.66. The number of hydrogen-bond donors (Lipinski definition) is 1. The Balaban J connectivity index is 2.38. The van der Waals surface area contributed by atoms with Crippen LogP contribution >= 0.6 is 0 Å². The number of allylic oxidation sites excluding steroid dienone is 3. The van der Waals surface area contributed by atoms with E-state index in [-0.39, 0.29) is 11.7 Å². The van der Waals surface area contributed by atoms with Crippen LogP contribution in [-0.2, 0) is 4.79 Å². The third kappa shape index (κ3) is 4.01. The Bertz CT molecular complexity index is 360. The Hall–Kier alpha value is -1.38. The molecule has 0 unspecified atom stereocenters. The highest BCUT2D eigenvalue weighted by atomic mass is 16.1. The average molecular weight is 220 g/mol. The van der Waals surface area contributed by atoms with Gasteiger partial charge in [0, 0.05) is 5.92 Å². The number of carbonyl (C=O) groups excluding carboxylic acids is 1. The Morgan fingerprint density at radius 1 is 1.44 bits per heavy atom. The van der Waals surface area contributed by atoms with Crippen molar-refractivity contribution in [1.29, 1.82) is 0 Å². The average Bonchev–Trinajstić information content (AvgIpc) is 2.62. The van der Waals surface area contributed by atoms with Gasteiger partial charge in [0.2, 0.25) is 0 Å². The summed E-state index contributed by atoms with van der Waals surface area (Å²) in [4.78, 5) is 15.3. The second-order valence-corrected chi connectivity index (χ2v) is 4.50. The molecule has 0 fully saturated rings. The van der Waals surface area contributed by atoms with Crippen LogP contribution in [0.2, 0.25) is 0 Å². The lowest BCUT2D eigenvalue weighted by molar-refractivity contribution is -0.120. The minimum Gasteiger partial charge on any atom is -0.388 e. The molecule has 2 N–H and O–H groups in total. The molecule has 0 saturated heterocycles. The number of rotatable bonds is 5. The quantitative estimate of drug-likeness (QED) is 0.570. The fraction of sp³-hybridized carbons (Fsp3) is 0.538. The predicted octanol–water partition coefficient (Wildman–Crippen LogP) is 2.24. The second-order valence-electron chi connectivity index (χ2n) is 4.50. The van der Waals surface area contributed by atoms with Crippen LogP contribution in [0.25, 0.3) is 0 Å². The van der Waals surface area contributed by atoms with Crippen molar-refractivity contribution in [3.05, 3.63) is 23.3 Å². The molecule has 0 aromatic rings. The molecular weight excluding hydrogens is 200 g/mol. The minimum absolute atomic E-state index is 0.124. The van der Waals surface area contributed by atoms with Crippen molar-refractivity contribution < 1.29 is 4.79 Å². The Kier molecular flexibility index (Phi) is 4.47. The zero-order chi connectivity index (χ0) is 12.1. The molecule has 0 radical (unpaired) electrons. The summed E-state index contributed by atoms with van der Waals surface area (Å²) in [6.07, 6.45) is 6.00. The molecule has 1 atom stereocenters. The van der Waals surface area contributed by atoms with E-state index < -0.39 is 0 Å². The van der Waals surface area contributed by atoms with Crippen molar-refractivity contribution in [3.63, 3.8) is 0 Å². The highest BCUT2D eigenvalue weighted by Gasteiger charge is 2.14. The summed E-state index contributed by atoms with van der Waals surface area (Å²) >= 11 is 0. The molecule has 0 heterocycles. The number of nitrogens with zero attached hydrogens (tertiary/aromatic N) is 1. The highest BCUT2D eigenvalue weighted by molar-refractivity contribution is 5.78. The summed E-state index contributed by atoms with van der Waals surface area (Å²) in [5, 5.41) is 0. The first kappa shape index (κ1) is 12.7. The molecule has 3 nitrogen and oxygen atoms in total. The standard InChI is InChI=1S/C13H20N2O/c1-9(10(2)16)6-12-4-5-13(7-12)8-15-11(3)14/h4-5,9H,6-8H2,1-3H3,(H2,14,15)/t9-/m0/s1. The molecule has 3 heteroatoms. The lowest BCUT2D eigenvalue weighted by Gasteiger charge is -2.08. The van der Waals surface area contributed by atoms with Gasteiger partial charge in [0.25, 0.3) is 0 Å². The molecule has 0 aromatic carbocycles. The van der Waals surface area contributed by atoms with Gasteiger partial charge in [-0.15, -0.1) is 0 Å². The molecule has 0 amide bonds. The first-order valence-corrected chi connectivity index (χ1v) is 5.63. The maximum Gasteiger partial charge on any atom is 0.132 e. The maximum absolute atomic E-state index is 11.1. The maximum atomic E-state index is 11.1. The van der Waals surface area contributed by atoms with Gasteiger partial charge in [0.1, 0.15) is 5.78 Å². The van der Waals surface area contributed by atoms with Gasteiger partial charge in [0.05, 0.1) is 12.4 Å². The van der Waals surface area contributed by atoms with E-state index in [0.29, 0.717) is 12.4 Å². The summed E-state index contributed by atoms with van der Waals surface area (Å²) in [6, 6.07) is 0. The summed E-state index contributed by atoms with van der Waals surface area (Å²) < 4.78 is 0. The van der Waals surface area contributed by atoms with Crippen molar-refractivity contribution in [3.8, 4) is 0 Å². The van der Waals surface area contributed by atoms with Crippen LogP contribution in [0.5, 0.6) is 0 Å². The third-order valence-corrected chi connectivity index (χ3v) is 2.80. The Morgan fingerprint density at radius 2 is 2.06 bits per heavy atom. The van der Waals surface area contributed by atoms with Gasteiger partial charge < -0.3 is 5.73 Å². The molecule has 88 valence electrons. The van der Waals surface area contributed by atoms with Gasteiger partial charge in [-0.3, -0.25) is 9.79 Å². The highest BCUT2D eigenvalue weighted by Crippen LogP contribution is 2.25. The van der Waals surface area contributed by atoms with E-state index in [4.69, 9.17) is 5.73 Å². The van der Waals surface area contributed by atoms with Crippen molar-refractivity contribution in [2.45, 2.75) is 33.6 Å². The summed E-state index contributed by atoms with van der Waals surface area (Å²) in [5.41, 5.74) is 8.08. The molecule has 1 aliphatic carbocycles. The molecule has 0 aromatic heterocycles. The molecule has 0 bridgehead atoms. The number of hydrogen-bond acceptors (Lipinski definition) is 2. The van der Waals surface area contributed by atoms with E-state index in [1.54, 1.807) is 13.8 Å². The van der Waals surface area contributed by atoms with Crippen LogP contribution in [0.3, 0.4) is 0 Å². The van der Waals surface area contributed by atoms with Gasteiger partial charge in [-0.2, -0.15) is 0 Å². The third-order valence-electron chi connectivity index (χ3n) is 2.80. The molecule has 0 aliphatic heterocycles. The predicted molar refractivity (Wildman–Crippen MR) is 67.4 cm³/mol. The molecule has 0 spiro atoms. The van der Waals surface area contributed by atoms with Crippen LogP contribution in [0.15, 0.2) is 28.3 Å². The normalized spacial score (nSPS) is 18.1. The summed E-state index contributed by atoms with van der Waals surface area (Å²) in [6.45, 7) is 6.10. The van der Waals surface area contributed by atoms with E-state index >= 15 is 0 Å². The van der Waals surface area contributed by atoms with Gasteiger partial charge >= 0.3 is 0 Å². The smallest absolute Gasteiger partial charge is 0.132 e. The second kappa shape index (κ2) is 5.64. The molecule has 16 heavy (non-hydrogen) atoms. The largest absolute Gasteiger partial charge is 0.388 e. The van der Waals surface area contributed by atoms with Crippen LogP contribution in [0, 0.1) is 5.92 Å². The summed E-state index contributed by atoms with van der Waals surface area (Å²) in [7, 11) is 0. The van der Waals surface area contributed by atoms with Crippen LogP contribution in [-0.4, -0.2) is 18.2 Å². The van der Waals surface area contributed by atoms with E-state index in [0.717, 1.165) is 12.8 Å². The van der Waals surface area contributed by atoms with Gasteiger partial charge in [-0.25, -0.2) is 0 Å². The number of aliphatic imine (C=N–C) groups is 1. The molecule has 1 rings (SSSR count).